The van der Waals surface area contributed by atoms with Gasteiger partial charge in [0.15, 0.2) is 0 Å². The van der Waals surface area contributed by atoms with Crippen LogP contribution in [-0.4, -0.2) is 35.9 Å². The van der Waals surface area contributed by atoms with E-state index in [1.165, 1.54) is 0 Å². The van der Waals surface area contributed by atoms with Crippen molar-refractivity contribution < 1.29 is 15.0 Å². The maximum Gasteiger partial charge on any atom is 0.303 e. The molecule has 0 bridgehead atoms. The summed E-state index contributed by atoms with van der Waals surface area (Å²) in [6, 6.07) is 0. The minimum atomic E-state index is -0.853. The highest BCUT2D eigenvalue weighted by atomic mass is 16.4. The van der Waals surface area contributed by atoms with Crippen molar-refractivity contribution in [3.8, 4) is 0 Å². The van der Waals surface area contributed by atoms with E-state index in [4.69, 9.17) is 10.2 Å². The maximum absolute atomic E-state index is 10.1. The predicted octanol–water partition coefficient (Wildman–Crippen LogP) is -0.178. The van der Waals surface area contributed by atoms with Crippen LogP contribution in [-0.2, 0) is 4.79 Å². The molecule has 4 heteroatoms. The number of hydrogen-bond donors (Lipinski definition) is 3. The Morgan fingerprint density at radius 1 is 1.55 bits per heavy atom. The van der Waals surface area contributed by atoms with Crippen molar-refractivity contribution in [3.05, 3.63) is 0 Å². The van der Waals surface area contributed by atoms with Crippen LogP contribution in [0.2, 0.25) is 0 Å². The molecule has 1 atom stereocenters. The number of aliphatic hydroxyl groups excluding tert-OH is 1. The van der Waals surface area contributed by atoms with Crippen LogP contribution in [0.1, 0.15) is 19.3 Å². The largest absolute Gasteiger partial charge is 0.481 e. The number of carboxylic acid groups (broad SMARTS) is 1. The molecule has 0 aromatic heterocycles. The first kappa shape index (κ1) is 10.4. The Bertz CT molecular complexity index is 116. The molecule has 0 rings (SSSR count). The van der Waals surface area contributed by atoms with Gasteiger partial charge in [-0.15, -0.1) is 0 Å². The molecule has 0 aliphatic rings. The van der Waals surface area contributed by atoms with Crippen molar-refractivity contribution in [2.45, 2.75) is 25.4 Å². The van der Waals surface area contributed by atoms with E-state index in [9.17, 15) is 4.79 Å². The molecule has 0 saturated heterocycles. The quantitative estimate of drug-likeness (QED) is 0.505. The molecule has 0 spiro atoms. The SMILES string of the molecule is CNCCC(O)CCC(=O)O. The van der Waals surface area contributed by atoms with Crippen LogP contribution < -0.4 is 5.32 Å². The zero-order valence-electron chi connectivity index (χ0n) is 6.71. The van der Waals surface area contributed by atoms with Gasteiger partial charge in [-0.25, -0.2) is 0 Å². The molecule has 3 N–H and O–H groups in total. The molecule has 0 amide bonds. The summed E-state index contributed by atoms with van der Waals surface area (Å²) >= 11 is 0. The van der Waals surface area contributed by atoms with E-state index in [0.29, 0.717) is 12.8 Å². The van der Waals surface area contributed by atoms with Crippen LogP contribution in [0.4, 0.5) is 0 Å². The molecule has 0 aliphatic heterocycles. The lowest BCUT2D eigenvalue weighted by Gasteiger charge is -2.07. The number of aliphatic carboxylic acids is 1. The van der Waals surface area contributed by atoms with Crippen LogP contribution >= 0.6 is 0 Å². The monoisotopic (exact) mass is 161 g/mol. The zero-order valence-corrected chi connectivity index (χ0v) is 6.71. The minimum absolute atomic E-state index is 0.0465. The van der Waals surface area contributed by atoms with E-state index >= 15 is 0 Å². The average Bonchev–Trinajstić information content (AvgIpc) is 1.97. The van der Waals surface area contributed by atoms with Crippen molar-refractivity contribution >= 4 is 5.97 Å². The lowest BCUT2D eigenvalue weighted by molar-refractivity contribution is -0.137. The fraction of sp³-hybridized carbons (Fsp3) is 0.857. The second-order valence-electron chi connectivity index (χ2n) is 2.48. The molecule has 0 aromatic rings. The van der Waals surface area contributed by atoms with Gasteiger partial charge in [-0.3, -0.25) is 4.79 Å². The van der Waals surface area contributed by atoms with Crippen molar-refractivity contribution in [2.24, 2.45) is 0 Å². The van der Waals surface area contributed by atoms with Gasteiger partial charge in [-0.1, -0.05) is 0 Å². The molecular formula is C7H15NO3. The first-order valence-corrected chi connectivity index (χ1v) is 3.71. The third-order valence-electron chi connectivity index (χ3n) is 1.42. The second kappa shape index (κ2) is 6.12. The van der Waals surface area contributed by atoms with Gasteiger partial charge in [0, 0.05) is 6.42 Å². The minimum Gasteiger partial charge on any atom is -0.481 e. The number of aliphatic hydroxyl groups is 1. The summed E-state index contributed by atoms with van der Waals surface area (Å²) in [7, 11) is 1.80. The summed E-state index contributed by atoms with van der Waals surface area (Å²) in [5, 5.41) is 20.3. The highest BCUT2D eigenvalue weighted by Gasteiger charge is 2.05. The Hall–Kier alpha value is -0.610. The standard InChI is InChI=1S/C7H15NO3/c1-8-5-4-6(9)2-3-7(10)11/h6,8-9H,2-5H2,1H3,(H,10,11). The van der Waals surface area contributed by atoms with E-state index in [2.05, 4.69) is 5.32 Å². The highest BCUT2D eigenvalue weighted by Crippen LogP contribution is 2.00. The summed E-state index contributed by atoms with van der Waals surface area (Å²) in [6.07, 6.45) is 0.518. The van der Waals surface area contributed by atoms with Gasteiger partial charge in [-0.2, -0.15) is 0 Å². The Labute approximate surface area is 66.2 Å². The van der Waals surface area contributed by atoms with Gasteiger partial charge in [0.25, 0.3) is 0 Å². The van der Waals surface area contributed by atoms with Crippen LogP contribution in [0.3, 0.4) is 0 Å². The number of rotatable bonds is 6. The van der Waals surface area contributed by atoms with Gasteiger partial charge in [0.2, 0.25) is 0 Å². The predicted molar refractivity (Wildman–Crippen MR) is 41.4 cm³/mol. The molecular weight excluding hydrogens is 146 g/mol. The summed E-state index contributed by atoms with van der Waals surface area (Å²) in [4.78, 5) is 10.1. The smallest absolute Gasteiger partial charge is 0.303 e. The van der Waals surface area contributed by atoms with E-state index in [1.807, 2.05) is 0 Å². The third kappa shape index (κ3) is 7.29. The van der Waals surface area contributed by atoms with Gasteiger partial charge in [-0.05, 0) is 26.4 Å². The topological polar surface area (TPSA) is 69.6 Å². The summed E-state index contributed by atoms with van der Waals surface area (Å²) in [6.45, 7) is 0.723. The van der Waals surface area contributed by atoms with Crippen LogP contribution in [0.25, 0.3) is 0 Å². The van der Waals surface area contributed by atoms with Gasteiger partial charge in [0.1, 0.15) is 0 Å². The van der Waals surface area contributed by atoms with Crippen LogP contribution in [0.5, 0.6) is 0 Å². The average molecular weight is 161 g/mol. The number of carboxylic acids is 1. The van der Waals surface area contributed by atoms with Crippen molar-refractivity contribution in [1.82, 2.24) is 5.32 Å². The first-order valence-electron chi connectivity index (χ1n) is 3.71. The maximum atomic E-state index is 10.1. The molecule has 66 valence electrons. The molecule has 11 heavy (non-hydrogen) atoms. The van der Waals surface area contributed by atoms with E-state index in [-0.39, 0.29) is 6.42 Å². The summed E-state index contributed by atoms with van der Waals surface area (Å²) in [5.74, 6) is -0.853. The molecule has 4 nitrogen and oxygen atoms in total. The molecule has 0 aromatic carbocycles. The number of hydrogen-bond acceptors (Lipinski definition) is 3. The highest BCUT2D eigenvalue weighted by molar-refractivity contribution is 5.66. The van der Waals surface area contributed by atoms with Crippen LogP contribution in [0.15, 0.2) is 0 Å². The Kier molecular flexibility index (Phi) is 5.78. The van der Waals surface area contributed by atoms with Crippen molar-refractivity contribution in [3.63, 3.8) is 0 Å². The van der Waals surface area contributed by atoms with Crippen molar-refractivity contribution in [1.29, 1.82) is 0 Å². The van der Waals surface area contributed by atoms with Gasteiger partial charge < -0.3 is 15.5 Å². The molecule has 0 saturated carbocycles. The third-order valence-corrected chi connectivity index (χ3v) is 1.42. The normalized spacial score (nSPS) is 12.9. The van der Waals surface area contributed by atoms with E-state index in [0.717, 1.165) is 6.54 Å². The Balaban J connectivity index is 3.22. The van der Waals surface area contributed by atoms with Gasteiger partial charge in [0.05, 0.1) is 6.10 Å². The second-order valence-corrected chi connectivity index (χ2v) is 2.48. The van der Waals surface area contributed by atoms with E-state index in [1.54, 1.807) is 7.05 Å². The fourth-order valence-electron chi connectivity index (χ4n) is 0.745. The Morgan fingerprint density at radius 3 is 2.64 bits per heavy atom. The van der Waals surface area contributed by atoms with Crippen LogP contribution in [0, 0.1) is 0 Å². The number of nitrogens with one attached hydrogen (secondary N) is 1. The van der Waals surface area contributed by atoms with E-state index < -0.39 is 12.1 Å². The fourth-order valence-corrected chi connectivity index (χ4v) is 0.745. The summed E-state index contributed by atoms with van der Waals surface area (Å²) < 4.78 is 0. The Morgan fingerprint density at radius 2 is 2.18 bits per heavy atom. The molecule has 0 radical (unpaired) electrons. The van der Waals surface area contributed by atoms with Gasteiger partial charge >= 0.3 is 5.97 Å². The molecule has 1 unspecified atom stereocenters. The lowest BCUT2D eigenvalue weighted by atomic mass is 10.1. The molecule has 0 fully saturated rings. The first-order chi connectivity index (χ1) is 5.16. The number of carbonyl (C=O) groups is 1. The zero-order chi connectivity index (χ0) is 8.69. The lowest BCUT2D eigenvalue weighted by Crippen LogP contribution is -2.17. The molecule has 0 aliphatic carbocycles. The summed E-state index contributed by atoms with van der Waals surface area (Å²) in [5.41, 5.74) is 0. The van der Waals surface area contributed by atoms with Crippen molar-refractivity contribution in [2.75, 3.05) is 13.6 Å². The molecule has 0 heterocycles.